The Hall–Kier alpha value is -2.98. The number of amides is 1. The van der Waals surface area contributed by atoms with Crippen LogP contribution in [0.5, 0.6) is 0 Å². The number of alkyl halides is 3. The number of piperidine rings is 3. The van der Waals surface area contributed by atoms with Crippen molar-refractivity contribution in [3.63, 3.8) is 0 Å². The number of benzene rings is 1. The van der Waals surface area contributed by atoms with Crippen LogP contribution in [0, 0.1) is 12.8 Å². The van der Waals surface area contributed by atoms with Gasteiger partial charge in [-0.3, -0.25) is 10.2 Å². The summed E-state index contributed by atoms with van der Waals surface area (Å²) >= 11 is 1.66. The molecule has 35 heavy (non-hydrogen) atoms. The molecule has 3 aromatic rings. The minimum absolute atomic E-state index is 0.0519. The fourth-order valence-electron chi connectivity index (χ4n) is 5.08. The summed E-state index contributed by atoms with van der Waals surface area (Å²) in [5, 5.41) is 4.44. The van der Waals surface area contributed by atoms with E-state index in [-0.39, 0.29) is 18.3 Å². The highest BCUT2D eigenvalue weighted by Crippen LogP contribution is 2.42. The number of aromatic nitrogens is 2. The minimum Gasteiger partial charge on any atom is -0.448 e. The average molecular weight is 503 g/mol. The molecule has 184 valence electrons. The topological polar surface area (TPSA) is 67.4 Å². The van der Waals surface area contributed by atoms with Gasteiger partial charge in [0.2, 0.25) is 0 Å². The van der Waals surface area contributed by atoms with Crippen LogP contribution >= 0.6 is 11.3 Å². The minimum atomic E-state index is -4.47. The van der Waals surface area contributed by atoms with Gasteiger partial charge in [-0.15, -0.1) is 11.3 Å². The van der Waals surface area contributed by atoms with Crippen molar-refractivity contribution in [1.82, 2.24) is 14.9 Å². The summed E-state index contributed by atoms with van der Waals surface area (Å²) in [6.45, 7) is 3.86. The van der Waals surface area contributed by atoms with Crippen LogP contribution in [0.2, 0.25) is 0 Å². The van der Waals surface area contributed by atoms with Crippen LogP contribution in [0.1, 0.15) is 35.8 Å². The third-order valence-corrected chi connectivity index (χ3v) is 7.63. The molecule has 5 heterocycles. The Morgan fingerprint density at radius 2 is 2.09 bits per heavy atom. The zero-order valence-electron chi connectivity index (χ0n) is 19.1. The molecule has 2 aromatic heterocycles. The lowest BCUT2D eigenvalue weighted by Crippen LogP contribution is -2.54. The summed E-state index contributed by atoms with van der Waals surface area (Å²) in [6.07, 6.45) is -3.30. The molecule has 6 rings (SSSR count). The van der Waals surface area contributed by atoms with Crippen molar-refractivity contribution in [3.05, 3.63) is 64.9 Å². The molecular weight excluding hydrogens is 477 g/mol. The van der Waals surface area contributed by atoms with Crippen LogP contribution in [0.15, 0.2) is 47.8 Å². The molecule has 6 nitrogen and oxygen atoms in total. The normalized spacial score (nSPS) is 23.8. The van der Waals surface area contributed by atoms with E-state index in [1.807, 2.05) is 18.4 Å². The molecule has 0 aliphatic carbocycles. The number of carbonyl (C=O) groups excluding carboxylic acids is 1. The van der Waals surface area contributed by atoms with Gasteiger partial charge in [0.15, 0.2) is 0 Å². The van der Waals surface area contributed by atoms with Crippen molar-refractivity contribution in [2.24, 2.45) is 5.92 Å². The summed E-state index contributed by atoms with van der Waals surface area (Å²) in [4.78, 5) is 25.0. The van der Waals surface area contributed by atoms with Gasteiger partial charge in [0.05, 0.1) is 16.1 Å². The van der Waals surface area contributed by atoms with Gasteiger partial charge < -0.3 is 4.74 Å². The first-order chi connectivity index (χ1) is 16.8. The lowest BCUT2D eigenvalue weighted by Gasteiger charge is -2.49. The van der Waals surface area contributed by atoms with E-state index in [4.69, 9.17) is 9.72 Å². The monoisotopic (exact) mass is 502 g/mol. The van der Waals surface area contributed by atoms with E-state index in [1.54, 1.807) is 11.3 Å². The number of anilines is 1. The zero-order chi connectivity index (χ0) is 24.6. The van der Waals surface area contributed by atoms with Crippen molar-refractivity contribution < 1.29 is 22.7 Å². The smallest absolute Gasteiger partial charge is 0.416 e. The van der Waals surface area contributed by atoms with Crippen molar-refractivity contribution >= 4 is 23.1 Å². The SMILES string of the molecule is Cc1nc(-c2cccs2)cc(C2CN3CCC2CC3COC(=O)Nc2cccc(C(F)(F)F)c2)n1. The van der Waals surface area contributed by atoms with E-state index >= 15 is 0 Å². The highest BCUT2D eigenvalue weighted by atomic mass is 32.1. The fraction of sp³-hybridized carbons (Fsp3) is 0.400. The second-order valence-electron chi connectivity index (χ2n) is 9.04. The van der Waals surface area contributed by atoms with Crippen LogP contribution in [-0.2, 0) is 10.9 Å². The molecule has 3 saturated heterocycles. The molecule has 10 heteroatoms. The van der Waals surface area contributed by atoms with Crippen LogP contribution in [-0.4, -0.2) is 46.7 Å². The molecule has 1 N–H and O–H groups in total. The lowest BCUT2D eigenvalue weighted by atomic mass is 9.74. The molecule has 0 saturated carbocycles. The number of aryl methyl sites for hydroxylation is 1. The van der Waals surface area contributed by atoms with Crippen molar-refractivity contribution in [2.45, 2.75) is 37.9 Å². The molecule has 3 fully saturated rings. The van der Waals surface area contributed by atoms with Crippen molar-refractivity contribution in [3.8, 4) is 10.6 Å². The van der Waals surface area contributed by atoms with Gasteiger partial charge in [-0.05, 0) is 67.9 Å². The number of halogens is 3. The standard InChI is InChI=1S/C25H25F3N4O2S/c1-15-29-21(12-22(30-15)23-6-3-9-35-23)20-13-32-8-7-16(20)10-19(32)14-34-24(33)31-18-5-2-4-17(11-18)25(26,27)28/h2-6,9,11-12,16,19-20H,7-8,10,13-14H2,1H3,(H,31,33). The highest BCUT2D eigenvalue weighted by molar-refractivity contribution is 7.13. The Kier molecular flexibility index (Phi) is 6.50. The van der Waals surface area contributed by atoms with E-state index in [0.717, 1.165) is 60.2 Å². The van der Waals surface area contributed by atoms with Gasteiger partial charge in [-0.1, -0.05) is 12.1 Å². The Morgan fingerprint density at radius 1 is 1.23 bits per heavy atom. The Labute approximate surface area is 205 Å². The van der Waals surface area contributed by atoms with Crippen molar-refractivity contribution in [1.29, 1.82) is 0 Å². The number of hydrogen-bond donors (Lipinski definition) is 1. The fourth-order valence-corrected chi connectivity index (χ4v) is 5.76. The summed E-state index contributed by atoms with van der Waals surface area (Å²) in [7, 11) is 0. The maximum Gasteiger partial charge on any atom is 0.416 e. The maximum atomic E-state index is 12.9. The van der Waals surface area contributed by atoms with E-state index in [2.05, 4.69) is 27.3 Å². The molecule has 4 unspecified atom stereocenters. The number of thiophene rings is 1. The average Bonchev–Trinajstić information content (AvgIpc) is 3.38. The van der Waals surface area contributed by atoms with Gasteiger partial charge in [0.1, 0.15) is 12.4 Å². The third-order valence-electron chi connectivity index (χ3n) is 6.73. The highest BCUT2D eigenvalue weighted by Gasteiger charge is 2.42. The summed E-state index contributed by atoms with van der Waals surface area (Å²) in [5.74, 6) is 1.47. The Morgan fingerprint density at radius 3 is 2.80 bits per heavy atom. The number of hydrogen-bond acceptors (Lipinski definition) is 6. The molecule has 1 aromatic carbocycles. The first kappa shape index (κ1) is 23.7. The van der Waals surface area contributed by atoms with E-state index < -0.39 is 17.8 Å². The van der Waals surface area contributed by atoms with E-state index in [1.165, 1.54) is 12.1 Å². The summed E-state index contributed by atoms with van der Waals surface area (Å²) in [6, 6.07) is 10.8. The second kappa shape index (κ2) is 9.58. The Balaban J connectivity index is 1.20. The predicted molar refractivity (Wildman–Crippen MR) is 127 cm³/mol. The third kappa shape index (κ3) is 5.33. The van der Waals surface area contributed by atoms with Gasteiger partial charge in [0, 0.05) is 29.9 Å². The quantitative estimate of drug-likeness (QED) is 0.466. The molecule has 1 amide bonds. The molecule has 4 atom stereocenters. The number of carbonyl (C=O) groups is 1. The van der Waals surface area contributed by atoms with Gasteiger partial charge >= 0.3 is 12.3 Å². The number of ether oxygens (including phenoxy) is 1. The number of nitrogens with zero attached hydrogens (tertiary/aromatic N) is 3. The largest absolute Gasteiger partial charge is 0.448 e. The molecule has 2 bridgehead atoms. The van der Waals surface area contributed by atoms with Crippen LogP contribution in [0.25, 0.3) is 10.6 Å². The van der Waals surface area contributed by atoms with Gasteiger partial charge in [-0.2, -0.15) is 13.2 Å². The second-order valence-corrected chi connectivity index (χ2v) is 9.99. The number of fused-ring (bicyclic) bond motifs is 3. The lowest BCUT2D eigenvalue weighted by molar-refractivity contribution is -0.137. The maximum absolute atomic E-state index is 12.9. The van der Waals surface area contributed by atoms with Crippen molar-refractivity contribution in [2.75, 3.05) is 25.0 Å². The van der Waals surface area contributed by atoms with Gasteiger partial charge in [-0.25, -0.2) is 14.8 Å². The van der Waals surface area contributed by atoms with E-state index in [9.17, 15) is 18.0 Å². The summed E-state index contributed by atoms with van der Waals surface area (Å²) in [5.41, 5.74) is 1.23. The Bertz CT molecular complexity index is 1200. The molecular formula is C25H25F3N4O2S. The predicted octanol–water partition coefficient (Wildman–Crippen LogP) is 5.96. The van der Waals surface area contributed by atoms with Crippen LogP contribution < -0.4 is 5.32 Å². The molecule has 3 aliphatic rings. The molecule has 0 spiro atoms. The summed E-state index contributed by atoms with van der Waals surface area (Å²) < 4.78 is 44.1. The number of nitrogens with one attached hydrogen (secondary N) is 1. The molecule has 3 aliphatic heterocycles. The van der Waals surface area contributed by atoms with Gasteiger partial charge in [0.25, 0.3) is 0 Å². The first-order valence-electron chi connectivity index (χ1n) is 11.5. The zero-order valence-corrected chi connectivity index (χ0v) is 19.9. The number of rotatable bonds is 5. The van der Waals surface area contributed by atoms with Crippen LogP contribution in [0.4, 0.5) is 23.7 Å². The first-order valence-corrected chi connectivity index (χ1v) is 12.4. The van der Waals surface area contributed by atoms with Crippen LogP contribution in [0.3, 0.4) is 0 Å². The van der Waals surface area contributed by atoms with E-state index in [0.29, 0.717) is 11.8 Å². The molecule has 0 radical (unpaired) electrons.